The summed E-state index contributed by atoms with van der Waals surface area (Å²) in [6.07, 6.45) is 3.53. The van der Waals surface area contributed by atoms with Gasteiger partial charge in [0.1, 0.15) is 18.1 Å². The molecule has 0 atom stereocenters. The molecule has 2 heterocycles. The van der Waals surface area contributed by atoms with Crippen LogP contribution in [0.15, 0.2) is 65.4 Å². The van der Waals surface area contributed by atoms with Crippen LogP contribution in [0.5, 0.6) is 5.75 Å². The van der Waals surface area contributed by atoms with E-state index in [4.69, 9.17) is 9.15 Å². The van der Waals surface area contributed by atoms with Crippen LogP contribution in [-0.2, 0) is 24.9 Å². The minimum atomic E-state index is -0.334. The summed E-state index contributed by atoms with van der Waals surface area (Å²) in [5, 5.41) is 2.88. The maximum absolute atomic E-state index is 13.3. The van der Waals surface area contributed by atoms with Crippen molar-refractivity contribution in [2.75, 3.05) is 18.5 Å². The van der Waals surface area contributed by atoms with E-state index in [1.165, 1.54) is 4.90 Å². The second kappa shape index (κ2) is 11.3. The molecule has 1 aromatic carbocycles. The molecule has 0 aliphatic carbocycles. The number of amides is 3. The van der Waals surface area contributed by atoms with Gasteiger partial charge in [0, 0.05) is 30.7 Å². The monoisotopic (exact) mass is 452 g/mol. The topological polar surface area (TPSA) is 80.0 Å². The number of benzene rings is 1. The van der Waals surface area contributed by atoms with Gasteiger partial charge in [0.05, 0.1) is 26.0 Å². The fourth-order valence-corrected chi connectivity index (χ4v) is 3.41. The third-order valence-corrected chi connectivity index (χ3v) is 5.29. The highest BCUT2D eigenvalue weighted by Crippen LogP contribution is 2.17. The molecule has 3 rings (SSSR count). The Bertz CT molecular complexity index is 1030. The molecule has 0 bridgehead atoms. The number of anilines is 1. The minimum Gasteiger partial charge on any atom is -0.494 e. The quantitative estimate of drug-likeness (QED) is 0.492. The van der Waals surface area contributed by atoms with Gasteiger partial charge in [-0.2, -0.15) is 0 Å². The molecule has 3 amide bonds. The van der Waals surface area contributed by atoms with E-state index in [9.17, 15) is 9.59 Å². The lowest BCUT2D eigenvalue weighted by Gasteiger charge is -2.30. The fraction of sp³-hybridized carbons (Fsp3) is 0.360. The zero-order valence-electron chi connectivity index (χ0n) is 19.7. The van der Waals surface area contributed by atoms with Gasteiger partial charge in [-0.05, 0) is 69.3 Å². The van der Waals surface area contributed by atoms with E-state index in [1.807, 2.05) is 56.8 Å². The maximum atomic E-state index is 13.3. The zero-order chi connectivity index (χ0) is 23.8. The first kappa shape index (κ1) is 24.0. The van der Waals surface area contributed by atoms with E-state index in [-0.39, 0.29) is 24.5 Å². The number of furan rings is 1. The average Bonchev–Trinajstić information content (AvgIpc) is 3.44. The number of carbonyl (C=O) groups is 2. The third-order valence-electron chi connectivity index (χ3n) is 5.29. The van der Waals surface area contributed by atoms with Crippen molar-refractivity contribution in [2.24, 2.45) is 7.05 Å². The van der Waals surface area contributed by atoms with Gasteiger partial charge in [-0.15, -0.1) is 0 Å². The predicted molar refractivity (Wildman–Crippen MR) is 127 cm³/mol. The Morgan fingerprint density at radius 1 is 1.09 bits per heavy atom. The van der Waals surface area contributed by atoms with Crippen LogP contribution in [0.1, 0.15) is 32.2 Å². The number of hydrogen-bond donors (Lipinski definition) is 1. The summed E-state index contributed by atoms with van der Waals surface area (Å²) in [5.74, 6) is 1.26. The molecular weight excluding hydrogens is 420 g/mol. The summed E-state index contributed by atoms with van der Waals surface area (Å²) in [7, 11) is 1.94. The highest BCUT2D eigenvalue weighted by Gasteiger charge is 2.25. The van der Waals surface area contributed by atoms with Crippen molar-refractivity contribution in [3.63, 3.8) is 0 Å². The van der Waals surface area contributed by atoms with E-state index in [1.54, 1.807) is 41.5 Å². The van der Waals surface area contributed by atoms with Crippen LogP contribution >= 0.6 is 0 Å². The number of nitrogens with one attached hydrogen (secondary N) is 1. The lowest BCUT2D eigenvalue weighted by molar-refractivity contribution is -0.133. The van der Waals surface area contributed by atoms with Gasteiger partial charge >= 0.3 is 6.03 Å². The second-order valence-corrected chi connectivity index (χ2v) is 8.05. The van der Waals surface area contributed by atoms with Gasteiger partial charge in [-0.1, -0.05) is 0 Å². The molecule has 0 aliphatic heterocycles. The minimum absolute atomic E-state index is 0.0499. The first-order valence-corrected chi connectivity index (χ1v) is 11.1. The lowest BCUT2D eigenvalue weighted by atomic mass is 10.2. The maximum Gasteiger partial charge on any atom is 0.322 e. The summed E-state index contributed by atoms with van der Waals surface area (Å²) in [4.78, 5) is 29.6. The Morgan fingerprint density at radius 2 is 1.85 bits per heavy atom. The molecule has 0 saturated heterocycles. The van der Waals surface area contributed by atoms with Crippen molar-refractivity contribution in [3.8, 4) is 5.75 Å². The number of rotatable bonds is 10. The first-order chi connectivity index (χ1) is 15.9. The van der Waals surface area contributed by atoms with Gasteiger partial charge in [0.15, 0.2) is 0 Å². The Hall–Kier alpha value is -3.68. The molecular formula is C25H32N4O4. The average molecular weight is 453 g/mol. The lowest BCUT2D eigenvalue weighted by Crippen LogP contribution is -2.47. The third kappa shape index (κ3) is 6.65. The SMILES string of the molecule is CCOc1ccc(NC(=O)N(CC(=O)N(Cc2ccco2)Cc2cccn2C)C(C)C)cc1. The zero-order valence-corrected chi connectivity index (χ0v) is 19.7. The van der Waals surface area contributed by atoms with Crippen molar-refractivity contribution < 1.29 is 18.7 Å². The van der Waals surface area contributed by atoms with Gasteiger partial charge < -0.3 is 28.8 Å². The summed E-state index contributed by atoms with van der Waals surface area (Å²) in [6.45, 7) is 6.95. The standard InChI is InChI=1S/C25H32N4O4/c1-5-32-22-12-10-20(11-13-22)26-25(31)29(19(2)3)18-24(30)28(17-23-9-7-15-33-23)16-21-8-6-14-27(21)4/h6-15,19H,5,16-18H2,1-4H3,(H,26,31). The van der Waals surface area contributed by atoms with E-state index in [0.29, 0.717) is 31.1 Å². The van der Waals surface area contributed by atoms with Crippen LogP contribution in [0.2, 0.25) is 0 Å². The van der Waals surface area contributed by atoms with Crippen LogP contribution in [0.3, 0.4) is 0 Å². The normalized spacial score (nSPS) is 10.8. The molecule has 0 fully saturated rings. The number of urea groups is 1. The highest BCUT2D eigenvalue weighted by molar-refractivity contribution is 5.92. The van der Waals surface area contributed by atoms with Crippen molar-refractivity contribution in [1.82, 2.24) is 14.4 Å². The Labute approximate surface area is 194 Å². The Balaban J connectivity index is 1.71. The molecule has 33 heavy (non-hydrogen) atoms. The van der Waals surface area contributed by atoms with Crippen LogP contribution in [0.25, 0.3) is 0 Å². The molecule has 176 valence electrons. The summed E-state index contributed by atoms with van der Waals surface area (Å²) >= 11 is 0. The van der Waals surface area contributed by atoms with Gasteiger partial charge in [-0.3, -0.25) is 4.79 Å². The van der Waals surface area contributed by atoms with E-state index in [2.05, 4.69) is 5.32 Å². The summed E-state index contributed by atoms with van der Waals surface area (Å²) < 4.78 is 12.9. The smallest absolute Gasteiger partial charge is 0.322 e. The molecule has 0 saturated carbocycles. The number of ether oxygens (including phenoxy) is 1. The number of aromatic nitrogens is 1. The van der Waals surface area contributed by atoms with E-state index < -0.39 is 0 Å². The fourth-order valence-electron chi connectivity index (χ4n) is 3.41. The number of carbonyl (C=O) groups excluding carboxylic acids is 2. The number of nitrogens with zero attached hydrogens (tertiary/aromatic N) is 3. The molecule has 3 aromatic rings. The van der Waals surface area contributed by atoms with Crippen LogP contribution in [0.4, 0.5) is 10.5 Å². The van der Waals surface area contributed by atoms with Crippen molar-refractivity contribution in [2.45, 2.75) is 39.9 Å². The highest BCUT2D eigenvalue weighted by atomic mass is 16.5. The number of hydrogen-bond acceptors (Lipinski definition) is 4. The first-order valence-electron chi connectivity index (χ1n) is 11.1. The summed E-state index contributed by atoms with van der Waals surface area (Å²) in [6, 6.07) is 14.2. The van der Waals surface area contributed by atoms with Crippen molar-refractivity contribution in [1.29, 1.82) is 0 Å². The molecule has 2 aromatic heterocycles. The van der Waals surface area contributed by atoms with Crippen LogP contribution < -0.4 is 10.1 Å². The van der Waals surface area contributed by atoms with Crippen molar-refractivity contribution >= 4 is 17.6 Å². The molecule has 0 unspecified atom stereocenters. The predicted octanol–water partition coefficient (Wildman–Crippen LogP) is 4.49. The molecule has 8 nitrogen and oxygen atoms in total. The van der Waals surface area contributed by atoms with Crippen molar-refractivity contribution in [3.05, 3.63) is 72.4 Å². The molecule has 0 aliphatic rings. The largest absolute Gasteiger partial charge is 0.494 e. The number of aryl methyl sites for hydroxylation is 1. The van der Waals surface area contributed by atoms with Crippen LogP contribution in [-0.4, -0.2) is 45.5 Å². The van der Waals surface area contributed by atoms with Crippen LogP contribution in [0, 0.1) is 0 Å². The van der Waals surface area contributed by atoms with E-state index in [0.717, 1.165) is 11.4 Å². The Morgan fingerprint density at radius 3 is 2.42 bits per heavy atom. The molecule has 1 N–H and O–H groups in total. The van der Waals surface area contributed by atoms with Gasteiger partial charge in [0.25, 0.3) is 0 Å². The van der Waals surface area contributed by atoms with E-state index >= 15 is 0 Å². The molecule has 8 heteroatoms. The second-order valence-electron chi connectivity index (χ2n) is 8.05. The Kier molecular flexibility index (Phi) is 8.18. The van der Waals surface area contributed by atoms with Gasteiger partial charge in [0.2, 0.25) is 5.91 Å². The van der Waals surface area contributed by atoms with Gasteiger partial charge in [-0.25, -0.2) is 4.79 Å². The molecule has 0 radical (unpaired) electrons. The summed E-state index contributed by atoms with van der Waals surface area (Å²) in [5.41, 5.74) is 1.63. The molecule has 0 spiro atoms.